The van der Waals surface area contributed by atoms with Gasteiger partial charge in [0, 0.05) is 25.2 Å². The quantitative estimate of drug-likeness (QED) is 0.806. The number of rotatable bonds is 1. The van der Waals surface area contributed by atoms with Crippen LogP contribution in [0.5, 0.6) is 0 Å². The number of fused-ring (bicyclic) bond motifs is 1. The van der Waals surface area contributed by atoms with Gasteiger partial charge in [0.2, 0.25) is 0 Å². The van der Waals surface area contributed by atoms with E-state index in [9.17, 15) is 4.79 Å². The number of pyridine rings is 1. The van der Waals surface area contributed by atoms with Crippen LogP contribution in [0.2, 0.25) is 5.15 Å². The summed E-state index contributed by atoms with van der Waals surface area (Å²) in [7, 11) is 0. The van der Waals surface area contributed by atoms with Crippen molar-refractivity contribution in [2.75, 3.05) is 25.4 Å². The summed E-state index contributed by atoms with van der Waals surface area (Å²) in [5, 5.41) is 0.229. The molecular formula is C15H21ClN4O. The van der Waals surface area contributed by atoms with E-state index in [4.69, 9.17) is 17.3 Å². The lowest BCUT2D eigenvalue weighted by Crippen LogP contribution is -2.60. The fourth-order valence-electron chi connectivity index (χ4n) is 3.40. The summed E-state index contributed by atoms with van der Waals surface area (Å²) in [6.07, 6.45) is 5.15. The van der Waals surface area contributed by atoms with Crippen LogP contribution < -0.4 is 5.73 Å². The Kier molecular flexibility index (Phi) is 4.04. The Balaban J connectivity index is 1.82. The van der Waals surface area contributed by atoms with Crippen molar-refractivity contribution in [1.29, 1.82) is 0 Å². The van der Waals surface area contributed by atoms with Crippen LogP contribution in [0.4, 0.5) is 5.69 Å². The van der Waals surface area contributed by atoms with Gasteiger partial charge in [-0.2, -0.15) is 0 Å². The molecule has 2 unspecified atom stereocenters. The summed E-state index contributed by atoms with van der Waals surface area (Å²) >= 11 is 6.07. The zero-order chi connectivity index (χ0) is 15.0. The van der Waals surface area contributed by atoms with Gasteiger partial charge in [-0.25, -0.2) is 4.98 Å². The van der Waals surface area contributed by atoms with Crippen molar-refractivity contribution in [2.45, 2.75) is 38.3 Å². The monoisotopic (exact) mass is 308 g/mol. The number of anilines is 1. The van der Waals surface area contributed by atoms with Gasteiger partial charge >= 0.3 is 0 Å². The van der Waals surface area contributed by atoms with Crippen molar-refractivity contribution in [3.8, 4) is 0 Å². The summed E-state index contributed by atoms with van der Waals surface area (Å²) in [5.74, 6) is -0.0578. The van der Waals surface area contributed by atoms with E-state index in [0.29, 0.717) is 17.3 Å². The van der Waals surface area contributed by atoms with Gasteiger partial charge in [-0.15, -0.1) is 0 Å². The summed E-state index contributed by atoms with van der Waals surface area (Å²) in [6.45, 7) is 4.95. The van der Waals surface area contributed by atoms with E-state index in [0.717, 1.165) is 19.6 Å². The van der Waals surface area contributed by atoms with Gasteiger partial charge in [0.25, 0.3) is 5.91 Å². The first-order valence-electron chi connectivity index (χ1n) is 7.52. The molecule has 0 spiro atoms. The third-order valence-corrected chi connectivity index (χ3v) is 4.84. The van der Waals surface area contributed by atoms with Gasteiger partial charge in [-0.1, -0.05) is 18.0 Å². The summed E-state index contributed by atoms with van der Waals surface area (Å²) in [6, 6.07) is 2.29. The van der Waals surface area contributed by atoms with Crippen LogP contribution >= 0.6 is 11.6 Å². The molecule has 1 aromatic rings. The van der Waals surface area contributed by atoms with Gasteiger partial charge in [0.05, 0.1) is 17.4 Å². The molecule has 2 fully saturated rings. The molecule has 6 heteroatoms. The summed E-state index contributed by atoms with van der Waals surface area (Å²) < 4.78 is 0. The van der Waals surface area contributed by atoms with Crippen molar-refractivity contribution in [3.63, 3.8) is 0 Å². The molecule has 3 heterocycles. The van der Waals surface area contributed by atoms with Crippen LogP contribution in [0.15, 0.2) is 12.3 Å². The maximum absolute atomic E-state index is 12.8. The van der Waals surface area contributed by atoms with Crippen molar-refractivity contribution < 1.29 is 4.79 Å². The highest BCUT2D eigenvalue weighted by atomic mass is 35.5. The first-order chi connectivity index (χ1) is 10.1. The second-order valence-electron chi connectivity index (χ2n) is 6.06. The Morgan fingerprint density at radius 2 is 2.24 bits per heavy atom. The zero-order valence-electron chi connectivity index (χ0n) is 12.3. The molecular weight excluding hydrogens is 288 g/mol. The number of piperidine rings is 1. The molecule has 0 bridgehead atoms. The second-order valence-corrected chi connectivity index (χ2v) is 6.42. The Hall–Kier alpha value is -1.33. The van der Waals surface area contributed by atoms with Gasteiger partial charge in [-0.05, 0) is 32.4 Å². The van der Waals surface area contributed by atoms with E-state index in [1.807, 2.05) is 4.90 Å². The number of carbonyl (C=O) groups is 1. The number of hydrogen-bond acceptors (Lipinski definition) is 4. The van der Waals surface area contributed by atoms with Gasteiger partial charge in [0.15, 0.2) is 0 Å². The van der Waals surface area contributed by atoms with Crippen LogP contribution in [0.1, 0.15) is 36.5 Å². The average Bonchev–Trinajstić information content (AvgIpc) is 2.48. The van der Waals surface area contributed by atoms with E-state index >= 15 is 0 Å². The molecule has 0 aromatic carbocycles. The first-order valence-corrected chi connectivity index (χ1v) is 7.90. The molecule has 2 saturated heterocycles. The number of halogens is 1. The fourth-order valence-corrected chi connectivity index (χ4v) is 3.59. The van der Waals surface area contributed by atoms with Gasteiger partial charge in [-0.3, -0.25) is 9.69 Å². The number of piperazine rings is 1. The first kappa shape index (κ1) is 14.6. The lowest BCUT2D eigenvalue weighted by Gasteiger charge is -2.47. The molecule has 2 aliphatic heterocycles. The highest BCUT2D eigenvalue weighted by Crippen LogP contribution is 2.26. The molecule has 1 aromatic heterocycles. The molecule has 114 valence electrons. The Morgan fingerprint density at radius 3 is 3.05 bits per heavy atom. The third kappa shape index (κ3) is 2.85. The number of hydrogen-bond donors (Lipinski definition) is 1. The van der Waals surface area contributed by atoms with Crippen LogP contribution in [0.3, 0.4) is 0 Å². The van der Waals surface area contributed by atoms with Crippen LogP contribution in [-0.4, -0.2) is 52.4 Å². The van der Waals surface area contributed by atoms with Crippen LogP contribution in [0.25, 0.3) is 0 Å². The molecule has 0 radical (unpaired) electrons. The van der Waals surface area contributed by atoms with Gasteiger partial charge < -0.3 is 10.6 Å². The predicted octanol–water partition coefficient (Wildman–Crippen LogP) is 2.02. The van der Waals surface area contributed by atoms with Crippen molar-refractivity contribution in [1.82, 2.24) is 14.8 Å². The molecule has 5 nitrogen and oxygen atoms in total. The fraction of sp³-hybridized carbons (Fsp3) is 0.600. The molecule has 3 rings (SSSR count). The van der Waals surface area contributed by atoms with Crippen molar-refractivity contribution in [2.24, 2.45) is 0 Å². The number of nitrogens with zero attached hydrogens (tertiary/aromatic N) is 3. The number of nitrogens with two attached hydrogens (primary N) is 1. The predicted molar refractivity (Wildman–Crippen MR) is 83.4 cm³/mol. The molecule has 0 aliphatic carbocycles. The van der Waals surface area contributed by atoms with Crippen LogP contribution in [-0.2, 0) is 0 Å². The van der Waals surface area contributed by atoms with Crippen molar-refractivity contribution in [3.05, 3.63) is 23.0 Å². The topological polar surface area (TPSA) is 62.5 Å². The lowest BCUT2D eigenvalue weighted by atomic mass is 9.96. The Morgan fingerprint density at radius 1 is 1.43 bits per heavy atom. The Bertz CT molecular complexity index is 550. The van der Waals surface area contributed by atoms with E-state index < -0.39 is 0 Å². The maximum atomic E-state index is 12.8. The summed E-state index contributed by atoms with van der Waals surface area (Å²) in [4.78, 5) is 21.2. The molecule has 2 aliphatic rings. The molecule has 2 atom stereocenters. The number of amides is 1. The van der Waals surface area contributed by atoms with E-state index in [-0.39, 0.29) is 17.1 Å². The SMILES string of the molecule is CC1CN2CCCCC2CN1C(=O)c1cc(N)cnc1Cl. The smallest absolute Gasteiger partial charge is 0.257 e. The molecule has 21 heavy (non-hydrogen) atoms. The Labute approximate surface area is 130 Å². The maximum Gasteiger partial charge on any atom is 0.257 e. The van der Waals surface area contributed by atoms with Crippen LogP contribution in [0, 0.1) is 0 Å². The van der Waals surface area contributed by atoms with Gasteiger partial charge in [0.1, 0.15) is 5.15 Å². The van der Waals surface area contributed by atoms with E-state index in [2.05, 4.69) is 16.8 Å². The lowest BCUT2D eigenvalue weighted by molar-refractivity contribution is 0.0151. The third-order valence-electron chi connectivity index (χ3n) is 4.54. The summed E-state index contributed by atoms with van der Waals surface area (Å²) in [5.41, 5.74) is 6.61. The number of carbonyl (C=O) groups excluding carboxylic acids is 1. The number of nitrogen functional groups attached to an aromatic ring is 1. The standard InChI is InChI=1S/C15H21ClN4O/c1-10-8-19-5-3-2-4-12(19)9-20(10)15(21)13-6-11(17)7-18-14(13)16/h6-7,10,12H,2-5,8-9,17H2,1H3. The van der Waals surface area contributed by atoms with E-state index in [1.54, 1.807) is 6.07 Å². The van der Waals surface area contributed by atoms with Crippen molar-refractivity contribution >= 4 is 23.2 Å². The van der Waals surface area contributed by atoms with E-state index in [1.165, 1.54) is 25.5 Å². The highest BCUT2D eigenvalue weighted by Gasteiger charge is 2.36. The highest BCUT2D eigenvalue weighted by molar-refractivity contribution is 6.32. The normalized spacial score (nSPS) is 26.5. The minimum atomic E-state index is -0.0578. The minimum Gasteiger partial charge on any atom is -0.397 e. The molecule has 2 N–H and O–H groups in total. The average molecular weight is 309 g/mol. The zero-order valence-corrected chi connectivity index (χ0v) is 13.0. The number of aromatic nitrogens is 1. The molecule has 0 saturated carbocycles. The largest absolute Gasteiger partial charge is 0.397 e. The second kappa shape index (κ2) is 5.81. The minimum absolute atomic E-state index is 0.0578. The molecule has 1 amide bonds.